The molecule has 2 rings (SSSR count). The monoisotopic (exact) mass is 148 g/mol. The maximum absolute atomic E-state index is 10.7. The minimum atomic E-state index is -0.219. The molecule has 0 fully saturated rings. The van der Waals surface area contributed by atoms with Crippen LogP contribution in [0.25, 0.3) is 0 Å². The van der Waals surface area contributed by atoms with Crippen LogP contribution in [-0.4, -0.2) is 5.91 Å². The minimum Gasteiger partial charge on any atom is -0.379 e. The van der Waals surface area contributed by atoms with E-state index in [2.05, 4.69) is 5.48 Å². The summed E-state index contributed by atoms with van der Waals surface area (Å²) in [5.74, 6) is 0.468. The average molecular weight is 148 g/mol. The highest BCUT2D eigenvalue weighted by Crippen LogP contribution is 2.21. The highest BCUT2D eigenvalue weighted by atomic mass is 16.7. The number of amides is 1. The molecule has 0 aliphatic carbocycles. The van der Waals surface area contributed by atoms with Crippen molar-refractivity contribution in [3.8, 4) is 5.75 Å². The molecule has 55 valence electrons. The number of hydroxylamine groups is 1. The molecule has 3 heteroatoms. The predicted octanol–water partition coefficient (Wildman–Crippen LogP) is 0.663. The smallest absolute Gasteiger partial charge is 0.261 e. The molecule has 11 heavy (non-hydrogen) atoms. The first-order valence-corrected chi connectivity index (χ1v) is 3.27. The number of fused-ring (bicyclic) bond motifs is 1. The largest absolute Gasteiger partial charge is 0.379 e. The first-order valence-electron chi connectivity index (χ1n) is 3.27. The van der Waals surface area contributed by atoms with Crippen molar-refractivity contribution in [1.29, 1.82) is 0 Å². The van der Waals surface area contributed by atoms with E-state index >= 15 is 0 Å². The Kier molecular flexibility index (Phi) is 1.28. The molecule has 0 bridgehead atoms. The lowest BCUT2D eigenvalue weighted by molar-refractivity contribution is -0.124. The normalized spacial score (nSPS) is 14.7. The molecular formula is C8H6NO2. The number of benzene rings is 1. The van der Waals surface area contributed by atoms with Crippen molar-refractivity contribution in [1.82, 2.24) is 5.48 Å². The van der Waals surface area contributed by atoms with E-state index in [1.165, 1.54) is 6.42 Å². The van der Waals surface area contributed by atoms with Gasteiger partial charge in [0, 0.05) is 5.56 Å². The van der Waals surface area contributed by atoms with Crippen LogP contribution in [0.2, 0.25) is 0 Å². The summed E-state index contributed by atoms with van der Waals surface area (Å²) in [5, 5.41) is 0. The van der Waals surface area contributed by atoms with Gasteiger partial charge in [0.15, 0.2) is 5.75 Å². The maximum Gasteiger partial charge on any atom is 0.261 e. The summed E-state index contributed by atoms with van der Waals surface area (Å²) in [6, 6.07) is 7.33. The van der Waals surface area contributed by atoms with E-state index in [-0.39, 0.29) is 5.91 Å². The molecule has 0 unspecified atom stereocenters. The Bertz CT molecular complexity index is 296. The number of para-hydroxylation sites is 1. The predicted molar refractivity (Wildman–Crippen MR) is 38.6 cm³/mol. The zero-order valence-corrected chi connectivity index (χ0v) is 5.70. The van der Waals surface area contributed by atoms with Crippen LogP contribution in [0.5, 0.6) is 5.75 Å². The van der Waals surface area contributed by atoms with Gasteiger partial charge in [0.25, 0.3) is 5.91 Å². The second kappa shape index (κ2) is 2.27. The molecule has 1 aliphatic heterocycles. The summed E-state index contributed by atoms with van der Waals surface area (Å²) in [6.45, 7) is 0. The highest BCUT2D eigenvalue weighted by molar-refractivity contribution is 5.89. The summed E-state index contributed by atoms with van der Waals surface area (Å²) < 4.78 is 0. The van der Waals surface area contributed by atoms with Crippen molar-refractivity contribution in [2.24, 2.45) is 0 Å². The molecule has 0 atom stereocenters. The molecule has 1 aromatic carbocycles. The third-order valence-corrected chi connectivity index (χ3v) is 1.47. The first kappa shape index (κ1) is 6.22. The topological polar surface area (TPSA) is 38.3 Å². The fourth-order valence-electron chi connectivity index (χ4n) is 0.969. The van der Waals surface area contributed by atoms with Crippen LogP contribution >= 0.6 is 0 Å². The molecule has 1 aliphatic rings. The third-order valence-electron chi connectivity index (χ3n) is 1.47. The molecule has 1 N–H and O–H groups in total. The third kappa shape index (κ3) is 1.05. The molecular weight excluding hydrogens is 142 g/mol. The van der Waals surface area contributed by atoms with Gasteiger partial charge in [-0.1, -0.05) is 18.2 Å². The van der Waals surface area contributed by atoms with Crippen molar-refractivity contribution in [2.45, 2.75) is 0 Å². The Morgan fingerprint density at radius 3 is 3.00 bits per heavy atom. The standard InChI is InChI=1S/C8H6NO2/c10-8-5-6-3-1-2-4-7(6)11-9-8/h1-5H,(H,9,10). The molecule has 0 saturated carbocycles. The second-order valence-corrected chi connectivity index (χ2v) is 2.25. The van der Waals surface area contributed by atoms with Gasteiger partial charge in [0.2, 0.25) is 0 Å². The Balaban J connectivity index is 2.41. The number of rotatable bonds is 0. The molecule has 0 spiro atoms. The fourth-order valence-corrected chi connectivity index (χ4v) is 0.969. The number of nitrogens with one attached hydrogen (secondary N) is 1. The summed E-state index contributed by atoms with van der Waals surface area (Å²) in [7, 11) is 0. The molecule has 1 radical (unpaired) electrons. The summed E-state index contributed by atoms with van der Waals surface area (Å²) in [6.07, 6.45) is 1.50. The van der Waals surface area contributed by atoms with Crippen molar-refractivity contribution >= 4 is 5.91 Å². The second-order valence-electron chi connectivity index (χ2n) is 2.25. The first-order chi connectivity index (χ1) is 5.36. The van der Waals surface area contributed by atoms with Gasteiger partial charge in [0.1, 0.15) is 0 Å². The fraction of sp³-hybridized carbons (Fsp3) is 0. The van der Waals surface area contributed by atoms with E-state index in [1.807, 2.05) is 18.2 Å². The molecule has 1 heterocycles. The Morgan fingerprint density at radius 1 is 1.27 bits per heavy atom. The molecule has 3 nitrogen and oxygen atoms in total. The maximum atomic E-state index is 10.7. The molecule has 1 aromatic rings. The summed E-state index contributed by atoms with van der Waals surface area (Å²) in [4.78, 5) is 15.6. The van der Waals surface area contributed by atoms with Crippen LogP contribution in [-0.2, 0) is 4.79 Å². The van der Waals surface area contributed by atoms with Crippen LogP contribution in [0, 0.1) is 6.42 Å². The van der Waals surface area contributed by atoms with Gasteiger partial charge in [0.05, 0.1) is 6.42 Å². The number of hydrogen-bond acceptors (Lipinski definition) is 2. The van der Waals surface area contributed by atoms with Crippen molar-refractivity contribution in [2.75, 3.05) is 0 Å². The van der Waals surface area contributed by atoms with Crippen molar-refractivity contribution in [3.05, 3.63) is 36.2 Å². The van der Waals surface area contributed by atoms with Gasteiger partial charge in [-0.25, -0.2) is 0 Å². The summed E-state index contributed by atoms with van der Waals surface area (Å²) in [5.41, 5.74) is 3.06. The van der Waals surface area contributed by atoms with Gasteiger partial charge < -0.3 is 4.84 Å². The molecule has 0 aromatic heterocycles. The molecule has 1 amide bonds. The van der Waals surface area contributed by atoms with Crippen LogP contribution in [0.15, 0.2) is 24.3 Å². The molecule has 0 saturated heterocycles. The Hall–Kier alpha value is -1.51. The zero-order valence-electron chi connectivity index (χ0n) is 5.70. The zero-order chi connectivity index (χ0) is 7.68. The lowest BCUT2D eigenvalue weighted by Gasteiger charge is -2.15. The summed E-state index contributed by atoms with van der Waals surface area (Å²) >= 11 is 0. The van der Waals surface area contributed by atoms with E-state index < -0.39 is 0 Å². The highest BCUT2D eigenvalue weighted by Gasteiger charge is 2.15. The Labute approximate surface area is 63.9 Å². The lowest BCUT2D eigenvalue weighted by Crippen LogP contribution is -2.31. The van der Waals surface area contributed by atoms with Crippen LogP contribution in [0.1, 0.15) is 5.56 Å². The van der Waals surface area contributed by atoms with Crippen molar-refractivity contribution in [3.63, 3.8) is 0 Å². The minimum absolute atomic E-state index is 0.219. The number of hydrogen-bond donors (Lipinski definition) is 1. The van der Waals surface area contributed by atoms with Crippen molar-refractivity contribution < 1.29 is 9.63 Å². The van der Waals surface area contributed by atoms with E-state index in [4.69, 9.17) is 4.84 Å². The number of carbonyl (C=O) groups excluding carboxylic acids is 1. The van der Waals surface area contributed by atoms with Crippen LogP contribution in [0.3, 0.4) is 0 Å². The van der Waals surface area contributed by atoms with Gasteiger partial charge in [-0.3, -0.25) is 4.79 Å². The average Bonchev–Trinajstić information content (AvgIpc) is 2.04. The van der Waals surface area contributed by atoms with Crippen LogP contribution < -0.4 is 10.3 Å². The lowest BCUT2D eigenvalue weighted by atomic mass is 10.1. The van der Waals surface area contributed by atoms with Gasteiger partial charge in [-0.2, -0.15) is 5.48 Å². The number of carbonyl (C=O) groups is 1. The van der Waals surface area contributed by atoms with E-state index in [1.54, 1.807) is 6.07 Å². The Morgan fingerprint density at radius 2 is 2.09 bits per heavy atom. The SMILES string of the molecule is O=C1[CH]c2ccccc2ON1. The van der Waals surface area contributed by atoms with Gasteiger partial charge in [-0.05, 0) is 6.07 Å². The van der Waals surface area contributed by atoms with Gasteiger partial charge >= 0.3 is 0 Å². The van der Waals surface area contributed by atoms with Crippen LogP contribution in [0.4, 0.5) is 0 Å². The van der Waals surface area contributed by atoms with E-state index in [9.17, 15) is 4.79 Å². The van der Waals surface area contributed by atoms with E-state index in [0.717, 1.165) is 5.56 Å². The van der Waals surface area contributed by atoms with Gasteiger partial charge in [-0.15, -0.1) is 0 Å². The quantitative estimate of drug-likeness (QED) is 0.587. The van der Waals surface area contributed by atoms with E-state index in [0.29, 0.717) is 5.75 Å².